The first kappa shape index (κ1) is 18.4. The van der Waals surface area contributed by atoms with E-state index in [2.05, 4.69) is 51.2 Å². The fourth-order valence-electron chi connectivity index (χ4n) is 3.49. The summed E-state index contributed by atoms with van der Waals surface area (Å²) in [5.74, 6) is 0.924. The number of piperazine rings is 1. The first-order chi connectivity index (χ1) is 13.6. The van der Waals surface area contributed by atoms with Crippen molar-refractivity contribution in [2.45, 2.75) is 12.8 Å². The normalized spacial score (nSPS) is 16.3. The highest BCUT2D eigenvalue weighted by Crippen LogP contribution is 2.20. The van der Waals surface area contributed by atoms with Crippen LogP contribution in [-0.2, 0) is 0 Å². The Balaban J connectivity index is 1.48. The third-order valence-corrected chi connectivity index (χ3v) is 5.33. The fourth-order valence-corrected chi connectivity index (χ4v) is 3.49. The van der Waals surface area contributed by atoms with Gasteiger partial charge in [-0.3, -0.25) is 4.79 Å². The van der Waals surface area contributed by atoms with Gasteiger partial charge in [-0.15, -0.1) is 0 Å². The summed E-state index contributed by atoms with van der Waals surface area (Å²) in [6.07, 6.45) is 5.38. The maximum Gasteiger partial charge on any atom is 0.271 e. The van der Waals surface area contributed by atoms with Crippen molar-refractivity contribution in [3.05, 3.63) is 60.2 Å². The van der Waals surface area contributed by atoms with Crippen molar-refractivity contribution in [2.24, 2.45) is 0 Å². The number of nitrogens with zero attached hydrogens (tertiary/aromatic N) is 5. The van der Waals surface area contributed by atoms with E-state index in [1.165, 1.54) is 5.56 Å². The van der Waals surface area contributed by atoms with Crippen LogP contribution in [0.1, 0.15) is 28.9 Å². The van der Waals surface area contributed by atoms with Gasteiger partial charge in [-0.2, -0.15) is 0 Å². The number of hydrogen-bond acceptors (Lipinski definition) is 5. The standard InChI is InChI=1S/C21H26N6O/c1-16(17-6-4-3-5-7-17)14-23-21(28)18-15-27-9-8-22-19(20(27)24-18)26-12-10-25(2)11-13-26/h3-9,15-16H,10-14H2,1-2H3,(H,23,28). The van der Waals surface area contributed by atoms with Gasteiger partial charge >= 0.3 is 0 Å². The molecule has 1 unspecified atom stereocenters. The molecule has 1 atom stereocenters. The molecule has 0 radical (unpaired) electrons. The number of amides is 1. The molecule has 0 saturated carbocycles. The Kier molecular flexibility index (Phi) is 5.25. The minimum absolute atomic E-state index is 0.157. The Morgan fingerprint density at radius 3 is 2.68 bits per heavy atom. The molecule has 0 bridgehead atoms. The number of nitrogens with one attached hydrogen (secondary N) is 1. The van der Waals surface area contributed by atoms with Gasteiger partial charge in [0.2, 0.25) is 0 Å². The van der Waals surface area contributed by atoms with E-state index in [9.17, 15) is 4.79 Å². The van der Waals surface area contributed by atoms with Crippen LogP contribution in [0.25, 0.3) is 5.65 Å². The first-order valence-electron chi connectivity index (χ1n) is 9.72. The number of carbonyl (C=O) groups is 1. The zero-order valence-corrected chi connectivity index (χ0v) is 16.4. The number of hydrogen-bond donors (Lipinski definition) is 1. The molecule has 1 amide bonds. The van der Waals surface area contributed by atoms with Crippen molar-refractivity contribution in [1.82, 2.24) is 24.6 Å². The summed E-state index contributed by atoms with van der Waals surface area (Å²) < 4.78 is 1.89. The van der Waals surface area contributed by atoms with E-state index < -0.39 is 0 Å². The summed E-state index contributed by atoms with van der Waals surface area (Å²) in [5, 5.41) is 3.01. The Morgan fingerprint density at radius 1 is 1.18 bits per heavy atom. The van der Waals surface area contributed by atoms with E-state index in [0.717, 1.165) is 37.6 Å². The summed E-state index contributed by atoms with van der Waals surface area (Å²) in [7, 11) is 2.12. The highest BCUT2D eigenvalue weighted by Gasteiger charge is 2.20. The Labute approximate surface area is 165 Å². The maximum absolute atomic E-state index is 12.7. The van der Waals surface area contributed by atoms with E-state index in [1.807, 2.05) is 28.8 Å². The van der Waals surface area contributed by atoms with E-state index >= 15 is 0 Å². The molecule has 1 aromatic carbocycles. The van der Waals surface area contributed by atoms with E-state index in [1.54, 1.807) is 12.4 Å². The van der Waals surface area contributed by atoms with Gasteiger partial charge in [-0.05, 0) is 18.5 Å². The number of rotatable bonds is 5. The fraction of sp³-hybridized carbons (Fsp3) is 0.381. The monoisotopic (exact) mass is 378 g/mol. The quantitative estimate of drug-likeness (QED) is 0.736. The number of carbonyl (C=O) groups excluding carboxylic acids is 1. The molecule has 3 heterocycles. The molecule has 1 aliphatic heterocycles. The maximum atomic E-state index is 12.7. The zero-order valence-electron chi connectivity index (χ0n) is 16.4. The van der Waals surface area contributed by atoms with E-state index in [4.69, 9.17) is 0 Å². The third-order valence-electron chi connectivity index (χ3n) is 5.33. The molecule has 4 rings (SSSR count). The molecule has 0 spiro atoms. The van der Waals surface area contributed by atoms with Crippen molar-refractivity contribution in [2.75, 3.05) is 44.7 Å². The minimum Gasteiger partial charge on any atom is -0.351 e. The van der Waals surface area contributed by atoms with Crippen LogP contribution in [0.3, 0.4) is 0 Å². The predicted octanol–water partition coefficient (Wildman–Crippen LogP) is 2.01. The lowest BCUT2D eigenvalue weighted by molar-refractivity contribution is 0.0947. The van der Waals surface area contributed by atoms with Crippen LogP contribution < -0.4 is 10.2 Å². The van der Waals surface area contributed by atoms with Gasteiger partial charge in [0.25, 0.3) is 5.91 Å². The van der Waals surface area contributed by atoms with Gasteiger partial charge in [0.05, 0.1) is 0 Å². The molecule has 3 aromatic rings. The molecule has 1 saturated heterocycles. The van der Waals surface area contributed by atoms with Crippen molar-refractivity contribution < 1.29 is 4.79 Å². The van der Waals surface area contributed by atoms with Crippen molar-refractivity contribution in [3.63, 3.8) is 0 Å². The number of anilines is 1. The topological polar surface area (TPSA) is 65.8 Å². The average molecular weight is 378 g/mol. The molecular formula is C21H26N6O. The first-order valence-corrected chi connectivity index (χ1v) is 9.72. The van der Waals surface area contributed by atoms with Crippen LogP contribution in [0, 0.1) is 0 Å². The van der Waals surface area contributed by atoms with Gasteiger partial charge in [-0.1, -0.05) is 37.3 Å². The van der Waals surface area contributed by atoms with Crippen molar-refractivity contribution >= 4 is 17.4 Å². The summed E-state index contributed by atoms with van der Waals surface area (Å²) in [4.78, 5) is 26.3. The molecule has 146 valence electrons. The van der Waals surface area contributed by atoms with Crippen molar-refractivity contribution in [1.29, 1.82) is 0 Å². The van der Waals surface area contributed by atoms with E-state index in [0.29, 0.717) is 12.2 Å². The molecule has 1 aliphatic rings. The Bertz CT molecular complexity index is 946. The van der Waals surface area contributed by atoms with Gasteiger partial charge in [0.15, 0.2) is 11.5 Å². The largest absolute Gasteiger partial charge is 0.351 e. The summed E-state index contributed by atoms with van der Waals surface area (Å²) in [6, 6.07) is 10.2. The second-order valence-electron chi connectivity index (χ2n) is 7.42. The van der Waals surface area contributed by atoms with Crippen LogP contribution in [0.5, 0.6) is 0 Å². The minimum atomic E-state index is -0.157. The number of imidazole rings is 1. The SMILES string of the molecule is CC(CNC(=O)c1cn2ccnc(N3CCN(C)CC3)c2n1)c1ccccc1. The molecule has 1 N–H and O–H groups in total. The van der Waals surface area contributed by atoms with Crippen LogP contribution in [0.15, 0.2) is 48.9 Å². The van der Waals surface area contributed by atoms with Gasteiger partial charge in [0, 0.05) is 51.3 Å². The highest BCUT2D eigenvalue weighted by molar-refractivity contribution is 5.93. The number of likely N-dealkylation sites (N-methyl/N-ethyl adjacent to an activating group) is 1. The van der Waals surface area contributed by atoms with Gasteiger partial charge in [-0.25, -0.2) is 9.97 Å². The van der Waals surface area contributed by atoms with Crippen LogP contribution >= 0.6 is 0 Å². The summed E-state index contributed by atoms with van der Waals surface area (Å²) in [6.45, 7) is 6.48. The average Bonchev–Trinajstić information content (AvgIpc) is 3.17. The van der Waals surface area contributed by atoms with Crippen LogP contribution in [0.4, 0.5) is 5.82 Å². The summed E-state index contributed by atoms with van der Waals surface area (Å²) >= 11 is 0. The number of aromatic nitrogens is 3. The molecular weight excluding hydrogens is 352 g/mol. The van der Waals surface area contributed by atoms with Gasteiger partial charge < -0.3 is 19.5 Å². The number of benzene rings is 1. The summed E-state index contributed by atoms with van der Waals surface area (Å²) in [5.41, 5.74) is 2.36. The molecule has 2 aromatic heterocycles. The third kappa shape index (κ3) is 3.84. The highest BCUT2D eigenvalue weighted by atomic mass is 16.1. The smallest absolute Gasteiger partial charge is 0.271 e. The molecule has 7 nitrogen and oxygen atoms in total. The van der Waals surface area contributed by atoms with Crippen LogP contribution in [0.2, 0.25) is 0 Å². The second kappa shape index (κ2) is 7.98. The van der Waals surface area contributed by atoms with Crippen LogP contribution in [-0.4, -0.2) is 64.9 Å². The lowest BCUT2D eigenvalue weighted by atomic mass is 10.0. The molecule has 1 fully saturated rings. The molecule has 7 heteroatoms. The Hall–Kier alpha value is -2.93. The van der Waals surface area contributed by atoms with Gasteiger partial charge in [0.1, 0.15) is 5.69 Å². The second-order valence-corrected chi connectivity index (χ2v) is 7.42. The lowest BCUT2D eigenvalue weighted by Crippen LogP contribution is -2.45. The zero-order chi connectivity index (χ0) is 19.5. The predicted molar refractivity (Wildman–Crippen MR) is 110 cm³/mol. The Morgan fingerprint density at radius 2 is 1.93 bits per heavy atom. The molecule has 0 aliphatic carbocycles. The van der Waals surface area contributed by atoms with E-state index in [-0.39, 0.29) is 11.8 Å². The lowest BCUT2D eigenvalue weighted by Gasteiger charge is -2.33. The number of fused-ring (bicyclic) bond motifs is 1. The molecule has 28 heavy (non-hydrogen) atoms. The van der Waals surface area contributed by atoms with Crippen molar-refractivity contribution in [3.8, 4) is 0 Å².